The second-order valence-corrected chi connectivity index (χ2v) is 11.6. The predicted octanol–water partition coefficient (Wildman–Crippen LogP) is -0.539. The number of nitrogens with zero attached hydrogens (tertiary/aromatic N) is 5. The molecular weight excluding hydrogens is 614 g/mol. The Morgan fingerprint density at radius 3 is 2.64 bits per heavy atom. The van der Waals surface area contributed by atoms with Gasteiger partial charge in [0.15, 0.2) is 0 Å². The molecule has 2 aliphatic heterocycles. The van der Waals surface area contributed by atoms with Gasteiger partial charge in [-0.15, -0.1) is 28.2 Å². The Labute approximate surface area is 250 Å². The normalized spacial score (nSPS) is 18.3. The van der Waals surface area contributed by atoms with Crippen LogP contribution in [-0.2, 0) is 35.7 Å². The van der Waals surface area contributed by atoms with Gasteiger partial charge >= 0.3 is 24.0 Å². The van der Waals surface area contributed by atoms with Crippen LogP contribution in [0.1, 0.15) is 17.8 Å². The molecule has 2 aromatic rings. The number of hydrogen-bond acceptors (Lipinski definition) is 14. The number of tetrazole rings is 1. The lowest BCUT2D eigenvalue weighted by Crippen LogP contribution is -2.71. The number of thioether (sulfide) groups is 2. The van der Waals surface area contributed by atoms with E-state index in [-0.39, 0.29) is 11.4 Å². The van der Waals surface area contributed by atoms with Crippen LogP contribution in [0, 0.1) is 0 Å². The number of imide groups is 1. The highest BCUT2D eigenvalue weighted by Crippen LogP contribution is 2.42. The van der Waals surface area contributed by atoms with E-state index >= 15 is 0 Å². The van der Waals surface area contributed by atoms with Gasteiger partial charge in [-0.2, -0.15) is 0 Å². The fraction of sp³-hybridized carbons (Fsp3) is 0.409. The van der Waals surface area contributed by atoms with Crippen LogP contribution in [0.25, 0.3) is 0 Å². The molecular formula is C22H25N9O8S3. The molecule has 224 valence electrons. The van der Waals surface area contributed by atoms with Crippen molar-refractivity contribution in [2.24, 2.45) is 7.05 Å². The average molecular weight is 640 g/mol. The van der Waals surface area contributed by atoms with Gasteiger partial charge in [0.05, 0.1) is 0 Å². The van der Waals surface area contributed by atoms with E-state index in [1.54, 1.807) is 24.6 Å². The minimum absolute atomic E-state index is 0.0260. The van der Waals surface area contributed by atoms with Gasteiger partial charge in [-0.1, -0.05) is 17.8 Å². The Morgan fingerprint density at radius 1 is 1.21 bits per heavy atom. The molecule has 0 aromatic carbocycles. The summed E-state index contributed by atoms with van der Waals surface area (Å²) in [7, 11) is 2.98. The van der Waals surface area contributed by atoms with Crippen LogP contribution in [0.4, 0.5) is 9.59 Å². The molecule has 1 fully saturated rings. The number of thiophene rings is 1. The zero-order chi connectivity index (χ0) is 30.4. The van der Waals surface area contributed by atoms with Gasteiger partial charge in [0, 0.05) is 37.4 Å². The first kappa shape index (κ1) is 30.8. The van der Waals surface area contributed by atoms with Crippen molar-refractivity contribution in [1.82, 2.24) is 46.4 Å². The molecule has 0 radical (unpaired) electrons. The summed E-state index contributed by atoms with van der Waals surface area (Å²) in [6, 6.07) is -0.623. The zero-order valence-corrected chi connectivity index (χ0v) is 24.8. The molecule has 3 atom stereocenters. The average Bonchev–Trinajstić information content (AvgIpc) is 3.64. The lowest BCUT2D eigenvalue weighted by molar-refractivity contribution is -0.166. The van der Waals surface area contributed by atoms with Crippen molar-refractivity contribution in [3.63, 3.8) is 0 Å². The molecule has 20 heteroatoms. The number of aryl methyl sites for hydroxylation is 1. The van der Waals surface area contributed by atoms with Crippen molar-refractivity contribution >= 4 is 70.7 Å². The molecule has 4 N–H and O–H groups in total. The van der Waals surface area contributed by atoms with E-state index in [1.807, 2.05) is 5.32 Å². The minimum atomic E-state index is -1.21. The number of fused-ring (bicyclic) bond motifs is 1. The van der Waals surface area contributed by atoms with Gasteiger partial charge in [0.2, 0.25) is 17.9 Å². The summed E-state index contributed by atoms with van der Waals surface area (Å²) in [5, 5.41) is 22.1. The second-order valence-electron chi connectivity index (χ2n) is 8.53. The van der Waals surface area contributed by atoms with E-state index in [2.05, 4.69) is 31.5 Å². The lowest BCUT2D eigenvalue weighted by Gasteiger charge is -2.49. The van der Waals surface area contributed by atoms with Crippen LogP contribution in [0.15, 0.2) is 33.9 Å². The van der Waals surface area contributed by atoms with Gasteiger partial charge in [0.25, 0.3) is 5.91 Å². The highest BCUT2D eigenvalue weighted by Gasteiger charge is 2.55. The minimum Gasteiger partial charge on any atom is -0.428 e. The predicted molar refractivity (Wildman–Crippen MR) is 147 cm³/mol. The number of nitrogens with one attached hydrogen (secondary N) is 4. The highest BCUT2D eigenvalue weighted by atomic mass is 32.2. The largest absolute Gasteiger partial charge is 0.428 e. The zero-order valence-electron chi connectivity index (χ0n) is 22.3. The number of esters is 2. The number of β-lactam (4-membered cyclic amide) rings is 1. The molecule has 42 heavy (non-hydrogen) atoms. The third-order valence-corrected chi connectivity index (χ3v) is 9.14. The van der Waals surface area contributed by atoms with Crippen molar-refractivity contribution in [3.05, 3.63) is 33.7 Å². The summed E-state index contributed by atoms with van der Waals surface area (Å²) < 4.78 is 11.3. The van der Waals surface area contributed by atoms with Crippen LogP contribution in [0.5, 0.6) is 0 Å². The van der Waals surface area contributed by atoms with Crippen LogP contribution >= 0.6 is 34.9 Å². The van der Waals surface area contributed by atoms with E-state index in [9.17, 15) is 28.8 Å². The van der Waals surface area contributed by atoms with Crippen molar-refractivity contribution in [2.45, 2.75) is 29.5 Å². The number of amides is 6. The summed E-state index contributed by atoms with van der Waals surface area (Å²) in [4.78, 5) is 76.4. The molecule has 0 bridgehead atoms. The fourth-order valence-electron chi connectivity index (χ4n) is 3.80. The summed E-state index contributed by atoms with van der Waals surface area (Å²) in [6.07, 6.45) is 0. The first-order chi connectivity index (χ1) is 20.1. The quantitative estimate of drug-likeness (QED) is 0.111. The van der Waals surface area contributed by atoms with E-state index in [0.29, 0.717) is 21.4 Å². The van der Waals surface area contributed by atoms with Gasteiger partial charge in [-0.05, 0) is 27.4 Å². The summed E-state index contributed by atoms with van der Waals surface area (Å²) in [6.45, 7) is 0.516. The highest BCUT2D eigenvalue weighted by molar-refractivity contribution is 8.01. The maximum Gasteiger partial charge on any atom is 0.357 e. The lowest BCUT2D eigenvalue weighted by atomic mass is 10.0. The summed E-state index contributed by atoms with van der Waals surface area (Å²) >= 11 is 3.76. The Morgan fingerprint density at radius 2 is 2.00 bits per heavy atom. The number of carbonyl (C=O) groups excluding carboxylic acids is 6. The Bertz CT molecular complexity index is 1410. The molecule has 0 spiro atoms. The van der Waals surface area contributed by atoms with E-state index in [1.165, 1.54) is 51.5 Å². The topological polar surface area (TPSA) is 216 Å². The molecule has 1 saturated heterocycles. The van der Waals surface area contributed by atoms with E-state index in [4.69, 9.17) is 9.47 Å². The molecule has 2 aromatic heterocycles. The third-order valence-electron chi connectivity index (χ3n) is 5.77. The molecule has 2 aliphatic rings. The molecule has 6 amide bonds. The molecule has 0 saturated carbocycles. The number of ether oxygens (including phenoxy) is 2. The molecule has 17 nitrogen and oxygen atoms in total. The Hall–Kier alpha value is -4.17. The van der Waals surface area contributed by atoms with E-state index in [0.717, 1.165) is 6.92 Å². The van der Waals surface area contributed by atoms with Crippen molar-refractivity contribution < 1.29 is 38.2 Å². The van der Waals surface area contributed by atoms with Crippen molar-refractivity contribution in [2.75, 3.05) is 25.3 Å². The summed E-state index contributed by atoms with van der Waals surface area (Å²) in [5.41, 5.74) is 0.529. The number of hydrogen-bond donors (Lipinski definition) is 4. The smallest absolute Gasteiger partial charge is 0.357 e. The van der Waals surface area contributed by atoms with Crippen molar-refractivity contribution in [1.29, 1.82) is 0 Å². The van der Waals surface area contributed by atoms with Gasteiger partial charge in [-0.3, -0.25) is 24.6 Å². The van der Waals surface area contributed by atoms with Crippen LogP contribution in [-0.4, -0.2) is 97.7 Å². The first-order valence-corrected chi connectivity index (χ1v) is 15.0. The number of aromatic nitrogens is 4. The van der Waals surface area contributed by atoms with Crippen LogP contribution < -0.4 is 21.3 Å². The van der Waals surface area contributed by atoms with Gasteiger partial charge in [-0.25, -0.2) is 19.1 Å². The summed E-state index contributed by atoms with van der Waals surface area (Å²) in [5.74, 6) is -2.25. The molecule has 4 rings (SSSR count). The number of rotatable bonds is 10. The molecule has 2 unspecified atom stereocenters. The van der Waals surface area contributed by atoms with E-state index < -0.39 is 60.1 Å². The monoisotopic (exact) mass is 639 g/mol. The SMILES string of the molecule is CNC(=O)NC(=O)NC(C(=O)NC1C(=O)N2C(C(=O)OCOC(C)=O)=C(CSc3nnnn3C)CS[C@@H]12)c1cccs1. The standard InChI is InChI=1S/C22H25N9O8S3/c1-10(32)38-9-39-19(35)15-11(8-42-22-27-28-29-30(22)3)7-41-18-14(17(34)31(15)18)24-16(33)13(12-5-4-6-40-12)25-21(37)26-20(36)23-2/h4-6,13-14,18H,7-9H2,1-3H3,(H,24,33)(H3,23,25,26,36,37)/t13?,14?,18-/m0/s1. The maximum atomic E-state index is 13.4. The van der Waals surface area contributed by atoms with Gasteiger partial charge in [0.1, 0.15) is 23.2 Å². The van der Waals surface area contributed by atoms with Crippen LogP contribution in [0.2, 0.25) is 0 Å². The number of urea groups is 2. The fourth-order valence-corrected chi connectivity index (χ4v) is 6.91. The molecule has 0 aliphatic carbocycles. The first-order valence-electron chi connectivity index (χ1n) is 12.1. The third kappa shape index (κ3) is 6.99. The molecule has 4 heterocycles. The van der Waals surface area contributed by atoms with Crippen molar-refractivity contribution in [3.8, 4) is 0 Å². The van der Waals surface area contributed by atoms with Crippen LogP contribution in [0.3, 0.4) is 0 Å². The maximum absolute atomic E-state index is 13.4. The Kier molecular flexibility index (Phi) is 10.0. The second kappa shape index (κ2) is 13.7. The Balaban J connectivity index is 1.50. The number of carbonyl (C=O) groups is 6. The van der Waals surface area contributed by atoms with Gasteiger partial charge < -0.3 is 25.4 Å².